The lowest BCUT2D eigenvalue weighted by atomic mass is 10.0. The maximum Gasteiger partial charge on any atom is 0.490 e. The molecule has 1 heterocycles. The van der Waals surface area contributed by atoms with Crippen LogP contribution in [0.25, 0.3) is 0 Å². The Hall–Kier alpha value is -4.64. The number of nitrogens with zero attached hydrogens (tertiary/aromatic N) is 2. The van der Waals surface area contributed by atoms with Crippen LogP contribution in [0.2, 0.25) is 0 Å². The van der Waals surface area contributed by atoms with E-state index in [1.54, 1.807) is 24.3 Å². The van der Waals surface area contributed by atoms with Crippen molar-refractivity contribution in [1.29, 1.82) is 5.26 Å². The van der Waals surface area contributed by atoms with Crippen molar-refractivity contribution < 1.29 is 37.5 Å². The first-order chi connectivity index (χ1) is 20.8. The van der Waals surface area contributed by atoms with Gasteiger partial charge in [0.15, 0.2) is 0 Å². The number of likely N-dealkylation sites (tertiary alicyclic amines) is 1. The number of carboxylic acids is 1. The number of anilines is 1. The van der Waals surface area contributed by atoms with Crippen molar-refractivity contribution in [1.82, 2.24) is 20.9 Å². The summed E-state index contributed by atoms with van der Waals surface area (Å²) in [6.07, 6.45) is -2.91. The number of carbonyl (C=O) groups is 4. The fourth-order valence-electron chi connectivity index (χ4n) is 4.36. The maximum absolute atomic E-state index is 12.8. The van der Waals surface area contributed by atoms with Gasteiger partial charge in [0.05, 0.1) is 6.07 Å². The fourth-order valence-corrected chi connectivity index (χ4v) is 4.36. The van der Waals surface area contributed by atoms with Gasteiger partial charge in [0.2, 0.25) is 5.91 Å². The zero-order valence-corrected chi connectivity index (χ0v) is 24.5. The van der Waals surface area contributed by atoms with Crippen molar-refractivity contribution in [2.24, 2.45) is 5.92 Å². The predicted molar refractivity (Wildman–Crippen MR) is 156 cm³/mol. The molecule has 5 N–H and O–H groups in total. The number of amides is 4. The first-order valence-corrected chi connectivity index (χ1v) is 14.0. The van der Waals surface area contributed by atoms with Crippen LogP contribution in [0.5, 0.6) is 0 Å². The van der Waals surface area contributed by atoms with Crippen LogP contribution in [0.3, 0.4) is 0 Å². The minimum absolute atomic E-state index is 0.0854. The van der Waals surface area contributed by atoms with E-state index >= 15 is 0 Å². The minimum atomic E-state index is -5.08. The third kappa shape index (κ3) is 13.1. The second-order valence-corrected chi connectivity index (χ2v) is 10.5. The summed E-state index contributed by atoms with van der Waals surface area (Å²) in [5.41, 5.74) is 2.10. The lowest BCUT2D eigenvalue weighted by Gasteiger charge is -2.32. The average Bonchev–Trinajstić information content (AvgIpc) is 2.96. The van der Waals surface area contributed by atoms with E-state index in [0.717, 1.165) is 32.5 Å². The van der Waals surface area contributed by atoms with Gasteiger partial charge >= 0.3 is 18.2 Å². The quantitative estimate of drug-likeness (QED) is 0.252. The topological polar surface area (TPSA) is 164 Å². The van der Waals surface area contributed by atoms with Gasteiger partial charge in [-0.05, 0) is 48.9 Å². The molecule has 0 aromatic heterocycles. The van der Waals surface area contributed by atoms with Gasteiger partial charge in [-0.3, -0.25) is 14.5 Å². The predicted octanol–water partition coefficient (Wildman–Crippen LogP) is 3.89. The maximum atomic E-state index is 12.8. The molecular formula is C30H37F3N6O5. The molecule has 1 aliphatic heterocycles. The molecule has 1 fully saturated rings. The zero-order chi connectivity index (χ0) is 32.7. The summed E-state index contributed by atoms with van der Waals surface area (Å²) in [6, 6.07) is 17.8. The van der Waals surface area contributed by atoms with Gasteiger partial charge in [-0.1, -0.05) is 50.2 Å². The number of nitrogens with one attached hydrogen (secondary N) is 4. The number of nitriles is 1. The first kappa shape index (κ1) is 35.6. The Morgan fingerprint density at radius 3 is 2.25 bits per heavy atom. The van der Waals surface area contributed by atoms with Crippen LogP contribution in [0.1, 0.15) is 49.0 Å². The molecule has 0 unspecified atom stereocenters. The summed E-state index contributed by atoms with van der Waals surface area (Å²) in [5, 5.41) is 26.9. The molecule has 11 nitrogen and oxygen atoms in total. The number of carboxylic acid groups (broad SMARTS) is 1. The Kier molecular flexibility index (Phi) is 14.1. The number of hydrogen-bond acceptors (Lipinski definition) is 6. The minimum Gasteiger partial charge on any atom is -0.475 e. The highest BCUT2D eigenvalue weighted by Crippen LogP contribution is 2.16. The molecule has 1 atom stereocenters. The molecule has 4 amide bonds. The smallest absolute Gasteiger partial charge is 0.475 e. The molecule has 14 heteroatoms. The zero-order valence-electron chi connectivity index (χ0n) is 24.5. The lowest BCUT2D eigenvalue weighted by Crippen LogP contribution is -2.47. The normalized spacial score (nSPS) is 14.3. The Morgan fingerprint density at radius 2 is 1.68 bits per heavy atom. The Labute approximate surface area is 253 Å². The van der Waals surface area contributed by atoms with Crippen LogP contribution >= 0.6 is 0 Å². The number of aliphatic carboxylic acids is 1. The highest BCUT2D eigenvalue weighted by Gasteiger charge is 2.38. The highest BCUT2D eigenvalue weighted by molar-refractivity contribution is 5.99. The molecule has 238 valence electrons. The van der Waals surface area contributed by atoms with E-state index in [0.29, 0.717) is 17.7 Å². The van der Waals surface area contributed by atoms with Crippen LogP contribution in [0.4, 0.5) is 23.7 Å². The van der Waals surface area contributed by atoms with Crippen LogP contribution < -0.4 is 21.3 Å². The monoisotopic (exact) mass is 618 g/mol. The van der Waals surface area contributed by atoms with Crippen molar-refractivity contribution in [2.75, 3.05) is 25.0 Å². The number of urea groups is 1. The molecule has 3 rings (SSSR count). The largest absolute Gasteiger partial charge is 0.490 e. The fraction of sp³-hybridized carbons (Fsp3) is 0.433. The summed E-state index contributed by atoms with van der Waals surface area (Å²) < 4.78 is 31.7. The number of carbonyl (C=O) groups excluding carboxylic acids is 3. The van der Waals surface area contributed by atoms with E-state index < -0.39 is 30.0 Å². The van der Waals surface area contributed by atoms with E-state index in [2.05, 4.69) is 38.3 Å². The molecule has 44 heavy (non-hydrogen) atoms. The Morgan fingerprint density at radius 1 is 1.05 bits per heavy atom. The molecule has 0 aliphatic carbocycles. The molecule has 0 saturated carbocycles. The lowest BCUT2D eigenvalue weighted by molar-refractivity contribution is -0.192. The SMILES string of the molecule is CC(C)C[C@H](NC(=O)c1cccc(NC(=O)NC2CCN(Cc3ccccc3)CC2)c1)C(=O)NCC#N.O=C(O)C(F)(F)F. The van der Waals surface area contributed by atoms with E-state index in [1.165, 1.54) is 5.56 Å². The van der Waals surface area contributed by atoms with Crippen LogP contribution in [0, 0.1) is 17.2 Å². The number of halogens is 3. The third-order valence-electron chi connectivity index (χ3n) is 6.47. The summed E-state index contributed by atoms with van der Waals surface area (Å²) in [5.74, 6) is -3.41. The number of piperidine rings is 1. The molecule has 2 aromatic carbocycles. The molecule has 2 aromatic rings. The highest BCUT2D eigenvalue weighted by atomic mass is 19.4. The van der Waals surface area contributed by atoms with Crippen molar-refractivity contribution in [3.63, 3.8) is 0 Å². The van der Waals surface area contributed by atoms with E-state index in [4.69, 9.17) is 15.2 Å². The number of benzene rings is 2. The Bertz CT molecular complexity index is 1290. The standard InChI is InChI=1S/C28H36N6O3.C2HF3O2/c1-20(2)17-25(27(36)30-14-13-29)33-26(35)22-9-6-10-24(18-22)32-28(37)31-23-11-15-34(16-12-23)19-21-7-4-3-5-8-21;3-2(4,5)1(6)7/h3-10,18,20,23,25H,11-12,14-17,19H2,1-2H3,(H,30,36)(H,33,35)(H2,31,32,37);(H,6,7)/t25-;/m0./s1. The number of hydrogen-bond donors (Lipinski definition) is 5. The molecule has 1 aliphatic rings. The van der Waals surface area contributed by atoms with Crippen LogP contribution in [0.15, 0.2) is 54.6 Å². The van der Waals surface area contributed by atoms with E-state index in [9.17, 15) is 27.6 Å². The first-order valence-electron chi connectivity index (χ1n) is 14.0. The second-order valence-electron chi connectivity index (χ2n) is 10.5. The van der Waals surface area contributed by atoms with Crippen LogP contribution in [-0.2, 0) is 16.1 Å². The molecule has 0 bridgehead atoms. The van der Waals surface area contributed by atoms with Crippen LogP contribution in [-0.4, -0.2) is 71.7 Å². The van der Waals surface area contributed by atoms with E-state index in [1.807, 2.05) is 38.1 Å². The van der Waals surface area contributed by atoms with Crippen molar-refractivity contribution >= 4 is 29.5 Å². The van der Waals surface area contributed by atoms with Gasteiger partial charge in [-0.25, -0.2) is 9.59 Å². The molecular weight excluding hydrogens is 581 g/mol. The summed E-state index contributed by atoms with van der Waals surface area (Å²) in [4.78, 5) is 49.1. The average molecular weight is 619 g/mol. The van der Waals surface area contributed by atoms with Crippen molar-refractivity contribution in [3.05, 3.63) is 65.7 Å². The van der Waals surface area contributed by atoms with Gasteiger partial charge in [0.1, 0.15) is 12.6 Å². The molecule has 0 radical (unpaired) electrons. The van der Waals surface area contributed by atoms with Gasteiger partial charge in [-0.15, -0.1) is 0 Å². The van der Waals surface area contributed by atoms with Gasteiger partial charge < -0.3 is 26.4 Å². The van der Waals surface area contributed by atoms with Gasteiger partial charge in [-0.2, -0.15) is 18.4 Å². The number of rotatable bonds is 10. The van der Waals surface area contributed by atoms with Gasteiger partial charge in [0, 0.05) is 36.9 Å². The third-order valence-corrected chi connectivity index (χ3v) is 6.47. The summed E-state index contributed by atoms with van der Waals surface area (Å²) in [6.45, 7) is 6.51. The molecule has 0 spiro atoms. The van der Waals surface area contributed by atoms with Gasteiger partial charge in [0.25, 0.3) is 5.91 Å². The Balaban J connectivity index is 0.000000860. The van der Waals surface area contributed by atoms with E-state index in [-0.39, 0.29) is 24.5 Å². The summed E-state index contributed by atoms with van der Waals surface area (Å²) >= 11 is 0. The second kappa shape index (κ2) is 17.5. The van der Waals surface area contributed by atoms with Crippen molar-refractivity contribution in [2.45, 2.75) is 57.9 Å². The molecule has 1 saturated heterocycles. The number of alkyl halides is 3. The van der Waals surface area contributed by atoms with Crippen molar-refractivity contribution in [3.8, 4) is 6.07 Å². The summed E-state index contributed by atoms with van der Waals surface area (Å²) in [7, 11) is 0.